The molecule has 0 fully saturated rings. The Balaban J connectivity index is 2.82. The molecule has 1 heterocycles. The summed E-state index contributed by atoms with van der Waals surface area (Å²) >= 11 is 0. The third-order valence-electron chi connectivity index (χ3n) is 3.56. The Bertz CT molecular complexity index is 720. The number of nitrogens with one attached hydrogen (secondary N) is 4. The van der Waals surface area contributed by atoms with Gasteiger partial charge in [-0.3, -0.25) is 19.2 Å². The molecule has 0 spiro atoms. The minimum atomic E-state index is -1.55. The summed E-state index contributed by atoms with van der Waals surface area (Å²) in [6.07, 6.45) is 1.80. The van der Waals surface area contributed by atoms with Crippen molar-refractivity contribution in [2.45, 2.75) is 37.9 Å². The molecule has 0 bridgehead atoms. The number of carbonyl (C=O) groups excluding carboxylic acids is 3. The normalized spacial score (nSPS) is 13.6. The van der Waals surface area contributed by atoms with Crippen molar-refractivity contribution in [3.05, 3.63) is 18.2 Å². The number of aromatic amines is 1. The van der Waals surface area contributed by atoms with Crippen molar-refractivity contribution in [2.75, 3.05) is 6.54 Å². The standard InChI is InChI=1S/C15H22N6O7/c1-7(19-11(22)4-16)13(25)20-9(3-12(23)24)14(26)21-10(15(27)28)2-8-5-17-6-18-8/h5-7,9-10H,2-4,16H2,1H3,(H,17,18)(H,19,22)(H,20,25)(H,21,26)(H,23,24)(H,27,28). The fourth-order valence-corrected chi connectivity index (χ4v) is 2.14. The largest absolute Gasteiger partial charge is 0.481 e. The van der Waals surface area contributed by atoms with Crippen LogP contribution in [0.1, 0.15) is 19.0 Å². The fourth-order valence-electron chi connectivity index (χ4n) is 2.14. The third-order valence-corrected chi connectivity index (χ3v) is 3.56. The molecule has 0 radical (unpaired) electrons. The summed E-state index contributed by atoms with van der Waals surface area (Å²) in [6.45, 7) is 0.960. The summed E-state index contributed by atoms with van der Waals surface area (Å²) in [4.78, 5) is 64.5. The van der Waals surface area contributed by atoms with Crippen molar-refractivity contribution in [3.8, 4) is 0 Å². The number of aliphatic carboxylic acids is 2. The Hall–Kier alpha value is -3.48. The Morgan fingerprint density at radius 1 is 1.11 bits per heavy atom. The molecule has 3 amide bonds. The molecule has 0 saturated carbocycles. The van der Waals surface area contributed by atoms with E-state index < -0.39 is 54.2 Å². The molecule has 28 heavy (non-hydrogen) atoms. The van der Waals surface area contributed by atoms with E-state index in [9.17, 15) is 29.1 Å². The van der Waals surface area contributed by atoms with E-state index in [0.29, 0.717) is 5.69 Å². The van der Waals surface area contributed by atoms with Crippen LogP contribution in [0.4, 0.5) is 0 Å². The molecule has 1 aromatic heterocycles. The number of amides is 3. The molecule has 0 aromatic carbocycles. The molecule has 8 N–H and O–H groups in total. The minimum Gasteiger partial charge on any atom is -0.481 e. The van der Waals surface area contributed by atoms with Crippen molar-refractivity contribution >= 4 is 29.7 Å². The number of rotatable bonds is 11. The molecule has 0 aliphatic carbocycles. The summed E-state index contributed by atoms with van der Waals surface area (Å²) in [7, 11) is 0. The van der Waals surface area contributed by atoms with Crippen molar-refractivity contribution in [1.29, 1.82) is 0 Å². The second kappa shape index (κ2) is 10.6. The molecule has 13 heteroatoms. The Morgan fingerprint density at radius 3 is 2.25 bits per heavy atom. The van der Waals surface area contributed by atoms with Crippen molar-refractivity contribution in [2.24, 2.45) is 5.73 Å². The summed E-state index contributed by atoms with van der Waals surface area (Å²) in [5, 5.41) is 24.9. The first-order valence-corrected chi connectivity index (χ1v) is 8.16. The highest BCUT2D eigenvalue weighted by molar-refractivity contribution is 5.95. The van der Waals surface area contributed by atoms with Gasteiger partial charge in [0.05, 0.1) is 19.3 Å². The lowest BCUT2D eigenvalue weighted by atomic mass is 10.1. The number of imidazole rings is 1. The lowest BCUT2D eigenvalue weighted by Crippen LogP contribution is -2.56. The van der Waals surface area contributed by atoms with E-state index in [1.807, 2.05) is 0 Å². The first-order valence-electron chi connectivity index (χ1n) is 8.16. The van der Waals surface area contributed by atoms with Gasteiger partial charge in [-0.2, -0.15) is 0 Å². The monoisotopic (exact) mass is 398 g/mol. The minimum absolute atomic E-state index is 0.127. The Kier molecular flexibility index (Phi) is 8.55. The zero-order chi connectivity index (χ0) is 21.3. The van der Waals surface area contributed by atoms with Crippen LogP contribution in [0.25, 0.3) is 0 Å². The number of hydrogen-bond donors (Lipinski definition) is 7. The molecule has 13 nitrogen and oxygen atoms in total. The number of nitrogens with zero attached hydrogens (tertiary/aromatic N) is 1. The maximum Gasteiger partial charge on any atom is 0.326 e. The van der Waals surface area contributed by atoms with E-state index in [1.165, 1.54) is 19.4 Å². The molecule has 3 unspecified atom stereocenters. The molecule has 0 aliphatic rings. The van der Waals surface area contributed by atoms with Gasteiger partial charge in [-0.25, -0.2) is 9.78 Å². The van der Waals surface area contributed by atoms with Gasteiger partial charge in [-0.15, -0.1) is 0 Å². The lowest BCUT2D eigenvalue weighted by Gasteiger charge is -2.22. The van der Waals surface area contributed by atoms with Crippen LogP contribution in [0.5, 0.6) is 0 Å². The van der Waals surface area contributed by atoms with Crippen LogP contribution in [0.15, 0.2) is 12.5 Å². The van der Waals surface area contributed by atoms with Gasteiger partial charge in [0.25, 0.3) is 0 Å². The van der Waals surface area contributed by atoms with Gasteiger partial charge in [0.2, 0.25) is 17.7 Å². The number of carbonyl (C=O) groups is 5. The number of nitrogens with two attached hydrogens (primary N) is 1. The van der Waals surface area contributed by atoms with Crippen LogP contribution >= 0.6 is 0 Å². The average Bonchev–Trinajstić information content (AvgIpc) is 3.12. The van der Waals surface area contributed by atoms with Crippen LogP contribution in [-0.4, -0.2) is 74.5 Å². The smallest absolute Gasteiger partial charge is 0.326 e. The van der Waals surface area contributed by atoms with Crippen molar-refractivity contribution in [3.63, 3.8) is 0 Å². The molecular formula is C15H22N6O7. The second-order valence-corrected chi connectivity index (χ2v) is 5.83. The third kappa shape index (κ3) is 7.41. The van der Waals surface area contributed by atoms with E-state index in [2.05, 4.69) is 25.9 Å². The summed E-state index contributed by atoms with van der Waals surface area (Å²) in [5.41, 5.74) is 5.56. The van der Waals surface area contributed by atoms with Crippen LogP contribution in [0.3, 0.4) is 0 Å². The number of hydrogen-bond acceptors (Lipinski definition) is 7. The van der Waals surface area contributed by atoms with Gasteiger partial charge in [-0.1, -0.05) is 0 Å². The molecule has 0 aliphatic heterocycles. The SMILES string of the molecule is CC(NC(=O)CN)C(=O)NC(CC(=O)O)C(=O)NC(Cc1cnc[nH]1)C(=O)O. The average molecular weight is 398 g/mol. The first kappa shape index (κ1) is 22.6. The van der Waals surface area contributed by atoms with E-state index in [-0.39, 0.29) is 13.0 Å². The first-order chi connectivity index (χ1) is 13.1. The fraction of sp³-hybridized carbons (Fsp3) is 0.467. The van der Waals surface area contributed by atoms with Crippen molar-refractivity contribution < 1.29 is 34.2 Å². The number of carboxylic acids is 2. The Labute approximate surface area is 159 Å². The predicted octanol–water partition coefficient (Wildman–Crippen LogP) is -3.06. The maximum absolute atomic E-state index is 12.4. The van der Waals surface area contributed by atoms with Gasteiger partial charge in [0.15, 0.2) is 0 Å². The highest BCUT2D eigenvalue weighted by atomic mass is 16.4. The number of H-pyrrole nitrogens is 1. The summed E-state index contributed by atoms with van der Waals surface area (Å²) in [5.74, 6) is -5.19. The zero-order valence-electron chi connectivity index (χ0n) is 15.0. The molecule has 1 aromatic rings. The molecule has 1 rings (SSSR count). The second-order valence-electron chi connectivity index (χ2n) is 5.83. The summed E-state index contributed by atoms with van der Waals surface area (Å²) < 4.78 is 0. The van der Waals surface area contributed by atoms with E-state index in [4.69, 9.17) is 10.8 Å². The number of carboxylic acid groups (broad SMARTS) is 2. The maximum atomic E-state index is 12.4. The van der Waals surface area contributed by atoms with Gasteiger partial charge in [-0.05, 0) is 6.92 Å². The Morgan fingerprint density at radius 2 is 1.75 bits per heavy atom. The molecule has 3 atom stereocenters. The van der Waals surface area contributed by atoms with Crippen LogP contribution < -0.4 is 21.7 Å². The van der Waals surface area contributed by atoms with Gasteiger partial charge < -0.3 is 36.9 Å². The molecular weight excluding hydrogens is 376 g/mol. The highest BCUT2D eigenvalue weighted by Gasteiger charge is 2.30. The molecule has 154 valence electrons. The topological polar surface area (TPSA) is 217 Å². The quantitative estimate of drug-likeness (QED) is 0.201. The predicted molar refractivity (Wildman–Crippen MR) is 92.7 cm³/mol. The van der Waals surface area contributed by atoms with E-state index >= 15 is 0 Å². The van der Waals surface area contributed by atoms with Crippen LogP contribution in [0.2, 0.25) is 0 Å². The molecule has 0 saturated heterocycles. The van der Waals surface area contributed by atoms with Gasteiger partial charge in [0.1, 0.15) is 18.1 Å². The zero-order valence-corrected chi connectivity index (χ0v) is 15.0. The highest BCUT2D eigenvalue weighted by Crippen LogP contribution is 2.02. The van der Waals surface area contributed by atoms with Crippen molar-refractivity contribution in [1.82, 2.24) is 25.9 Å². The van der Waals surface area contributed by atoms with Crippen LogP contribution in [0, 0.1) is 0 Å². The van der Waals surface area contributed by atoms with Gasteiger partial charge >= 0.3 is 11.9 Å². The van der Waals surface area contributed by atoms with Crippen LogP contribution in [-0.2, 0) is 30.4 Å². The van der Waals surface area contributed by atoms with E-state index in [1.54, 1.807) is 0 Å². The lowest BCUT2D eigenvalue weighted by molar-refractivity contribution is -0.143. The van der Waals surface area contributed by atoms with E-state index in [0.717, 1.165) is 0 Å². The summed E-state index contributed by atoms with van der Waals surface area (Å²) in [6, 6.07) is -4.01. The van der Waals surface area contributed by atoms with Gasteiger partial charge in [0, 0.05) is 18.3 Å². The number of aromatic nitrogens is 2.